The molecule has 0 aromatic heterocycles. The Balaban J connectivity index is 1.48. The van der Waals surface area contributed by atoms with Crippen LogP contribution in [-0.4, -0.2) is 62.8 Å². The number of ether oxygens (including phenoxy) is 1. The van der Waals surface area contributed by atoms with E-state index in [9.17, 15) is 0 Å². The zero-order chi connectivity index (χ0) is 15.8. The average Bonchev–Trinajstić information content (AvgIpc) is 3.37. The first-order valence-corrected chi connectivity index (χ1v) is 8.98. The third kappa shape index (κ3) is 6.97. The molecule has 2 rings (SSSR count). The van der Waals surface area contributed by atoms with E-state index < -0.39 is 0 Å². The van der Waals surface area contributed by atoms with Crippen LogP contribution in [-0.2, 0) is 4.74 Å². The largest absolute Gasteiger partial charge is 0.381 e. The number of guanidine groups is 1. The second kappa shape index (κ2) is 9.36. The van der Waals surface area contributed by atoms with Crippen LogP contribution in [0.1, 0.15) is 46.0 Å². The van der Waals surface area contributed by atoms with Gasteiger partial charge in [0.15, 0.2) is 5.96 Å². The molecule has 0 aromatic rings. The number of rotatable bonds is 11. The van der Waals surface area contributed by atoms with Gasteiger partial charge in [0.25, 0.3) is 0 Å². The molecule has 0 heterocycles. The van der Waals surface area contributed by atoms with Crippen molar-refractivity contribution in [3.05, 3.63) is 0 Å². The summed E-state index contributed by atoms with van der Waals surface area (Å²) in [5.41, 5.74) is 0. The standard InChI is InChI=1S/C17H34N4O/c1-14(2)21(16-7-8-16)11-10-20-17(18-3)19-9-4-12-22-13-15-5-6-15/h14-16H,4-13H2,1-3H3,(H2,18,19,20). The van der Waals surface area contributed by atoms with Crippen molar-refractivity contribution in [2.45, 2.75) is 58.0 Å². The molecule has 2 aliphatic carbocycles. The van der Waals surface area contributed by atoms with E-state index in [0.717, 1.165) is 57.2 Å². The monoisotopic (exact) mass is 310 g/mol. The van der Waals surface area contributed by atoms with Gasteiger partial charge in [-0.15, -0.1) is 0 Å². The van der Waals surface area contributed by atoms with E-state index >= 15 is 0 Å². The lowest BCUT2D eigenvalue weighted by Gasteiger charge is -2.26. The van der Waals surface area contributed by atoms with Crippen molar-refractivity contribution in [3.63, 3.8) is 0 Å². The van der Waals surface area contributed by atoms with Crippen LogP contribution in [0.4, 0.5) is 0 Å². The molecule has 0 spiro atoms. The molecule has 0 unspecified atom stereocenters. The van der Waals surface area contributed by atoms with Crippen LogP contribution in [0.5, 0.6) is 0 Å². The van der Waals surface area contributed by atoms with Crippen LogP contribution in [0, 0.1) is 5.92 Å². The van der Waals surface area contributed by atoms with Crippen LogP contribution in [0.15, 0.2) is 4.99 Å². The summed E-state index contributed by atoms with van der Waals surface area (Å²) >= 11 is 0. The van der Waals surface area contributed by atoms with E-state index in [4.69, 9.17) is 4.74 Å². The first-order valence-electron chi connectivity index (χ1n) is 8.98. The summed E-state index contributed by atoms with van der Waals surface area (Å²) in [4.78, 5) is 6.87. The van der Waals surface area contributed by atoms with Crippen LogP contribution < -0.4 is 10.6 Å². The van der Waals surface area contributed by atoms with Crippen LogP contribution in [0.2, 0.25) is 0 Å². The Kier molecular flexibility index (Phi) is 7.46. The highest BCUT2D eigenvalue weighted by molar-refractivity contribution is 5.79. The van der Waals surface area contributed by atoms with Gasteiger partial charge in [-0.1, -0.05) is 0 Å². The zero-order valence-electron chi connectivity index (χ0n) is 14.6. The summed E-state index contributed by atoms with van der Waals surface area (Å²) in [6, 6.07) is 1.45. The molecular formula is C17H34N4O. The highest BCUT2D eigenvalue weighted by Crippen LogP contribution is 2.28. The highest BCUT2D eigenvalue weighted by atomic mass is 16.5. The Morgan fingerprint density at radius 2 is 1.91 bits per heavy atom. The molecule has 5 nitrogen and oxygen atoms in total. The number of nitrogens with zero attached hydrogens (tertiary/aromatic N) is 2. The summed E-state index contributed by atoms with van der Waals surface area (Å²) < 4.78 is 5.64. The second-order valence-electron chi connectivity index (χ2n) is 6.86. The van der Waals surface area contributed by atoms with E-state index in [2.05, 4.69) is 34.4 Å². The summed E-state index contributed by atoms with van der Waals surface area (Å²) in [6.07, 6.45) is 6.50. The predicted molar refractivity (Wildman–Crippen MR) is 92.4 cm³/mol. The maximum atomic E-state index is 5.64. The van der Waals surface area contributed by atoms with E-state index in [1.807, 2.05) is 7.05 Å². The third-order valence-corrected chi connectivity index (χ3v) is 4.37. The smallest absolute Gasteiger partial charge is 0.191 e. The summed E-state index contributed by atoms with van der Waals surface area (Å²) in [5, 5.41) is 6.77. The molecule has 0 aromatic carbocycles. The van der Waals surface area contributed by atoms with Gasteiger partial charge in [0, 0.05) is 52.0 Å². The molecule has 128 valence electrons. The first-order chi connectivity index (χ1) is 10.7. The Bertz CT molecular complexity index is 336. The average molecular weight is 310 g/mol. The van der Waals surface area contributed by atoms with Crippen molar-refractivity contribution in [1.29, 1.82) is 0 Å². The Labute approximate surface area is 135 Å². The van der Waals surface area contributed by atoms with E-state index in [1.54, 1.807) is 0 Å². The number of nitrogens with one attached hydrogen (secondary N) is 2. The lowest BCUT2D eigenvalue weighted by atomic mass is 10.3. The van der Waals surface area contributed by atoms with E-state index in [0.29, 0.717) is 6.04 Å². The maximum absolute atomic E-state index is 5.64. The fourth-order valence-electron chi connectivity index (χ4n) is 2.71. The van der Waals surface area contributed by atoms with Crippen molar-refractivity contribution in [3.8, 4) is 0 Å². The van der Waals surface area contributed by atoms with Crippen molar-refractivity contribution >= 4 is 5.96 Å². The predicted octanol–water partition coefficient (Wildman–Crippen LogP) is 1.84. The van der Waals surface area contributed by atoms with Gasteiger partial charge in [0.05, 0.1) is 0 Å². The number of aliphatic imine (C=N–C) groups is 1. The summed E-state index contributed by atoms with van der Waals surface area (Å²) in [7, 11) is 1.83. The minimum Gasteiger partial charge on any atom is -0.381 e. The molecule has 0 saturated heterocycles. The van der Waals surface area contributed by atoms with Crippen molar-refractivity contribution in [2.75, 3.05) is 39.9 Å². The maximum Gasteiger partial charge on any atom is 0.191 e. The minimum absolute atomic E-state index is 0.632. The topological polar surface area (TPSA) is 48.9 Å². The van der Waals surface area contributed by atoms with E-state index in [1.165, 1.54) is 25.7 Å². The van der Waals surface area contributed by atoms with Gasteiger partial charge in [0.1, 0.15) is 0 Å². The van der Waals surface area contributed by atoms with Crippen LogP contribution in [0.3, 0.4) is 0 Å². The SMILES string of the molecule is CN=C(NCCCOCC1CC1)NCCN(C(C)C)C1CC1. The van der Waals surface area contributed by atoms with Gasteiger partial charge in [-0.2, -0.15) is 0 Å². The molecule has 2 aliphatic rings. The quantitative estimate of drug-likeness (QED) is 0.347. The van der Waals surface area contributed by atoms with Gasteiger partial charge in [-0.3, -0.25) is 9.89 Å². The molecule has 5 heteroatoms. The molecular weight excluding hydrogens is 276 g/mol. The molecule has 0 radical (unpaired) electrons. The van der Waals surface area contributed by atoms with Crippen LogP contribution in [0.25, 0.3) is 0 Å². The zero-order valence-corrected chi connectivity index (χ0v) is 14.6. The van der Waals surface area contributed by atoms with Crippen molar-refractivity contribution < 1.29 is 4.74 Å². The molecule has 22 heavy (non-hydrogen) atoms. The molecule has 0 amide bonds. The van der Waals surface area contributed by atoms with Gasteiger partial charge in [-0.25, -0.2) is 0 Å². The molecule has 2 N–H and O–H groups in total. The number of hydrogen-bond donors (Lipinski definition) is 2. The highest BCUT2D eigenvalue weighted by Gasteiger charge is 2.30. The van der Waals surface area contributed by atoms with Gasteiger partial charge >= 0.3 is 0 Å². The lowest BCUT2D eigenvalue weighted by molar-refractivity contribution is 0.123. The minimum atomic E-state index is 0.632. The Hall–Kier alpha value is -0.810. The van der Waals surface area contributed by atoms with Gasteiger partial charge < -0.3 is 15.4 Å². The fraction of sp³-hybridized carbons (Fsp3) is 0.941. The number of hydrogen-bond acceptors (Lipinski definition) is 3. The Morgan fingerprint density at radius 3 is 2.50 bits per heavy atom. The second-order valence-corrected chi connectivity index (χ2v) is 6.86. The van der Waals surface area contributed by atoms with Gasteiger partial charge in [-0.05, 0) is 51.9 Å². The van der Waals surface area contributed by atoms with Crippen molar-refractivity contribution in [1.82, 2.24) is 15.5 Å². The normalized spacial score (nSPS) is 19.0. The fourth-order valence-corrected chi connectivity index (χ4v) is 2.71. The molecule has 0 aliphatic heterocycles. The summed E-state index contributed by atoms with van der Waals surface area (Å²) in [6.45, 7) is 9.34. The molecule has 2 saturated carbocycles. The van der Waals surface area contributed by atoms with Crippen molar-refractivity contribution in [2.24, 2.45) is 10.9 Å². The third-order valence-electron chi connectivity index (χ3n) is 4.37. The molecule has 0 atom stereocenters. The molecule has 0 bridgehead atoms. The summed E-state index contributed by atoms with van der Waals surface area (Å²) in [5.74, 6) is 1.76. The first kappa shape index (κ1) is 17.5. The van der Waals surface area contributed by atoms with E-state index in [-0.39, 0.29) is 0 Å². The molecule has 2 fully saturated rings. The Morgan fingerprint density at radius 1 is 1.18 bits per heavy atom. The lowest BCUT2D eigenvalue weighted by Crippen LogP contribution is -2.44. The van der Waals surface area contributed by atoms with Crippen LogP contribution >= 0.6 is 0 Å². The van der Waals surface area contributed by atoms with Gasteiger partial charge in [0.2, 0.25) is 0 Å².